The summed E-state index contributed by atoms with van der Waals surface area (Å²) in [7, 11) is 0. The molecule has 2 aliphatic heterocycles. The molecule has 0 aliphatic carbocycles. The lowest BCUT2D eigenvalue weighted by Crippen LogP contribution is -2.49. The zero-order valence-electron chi connectivity index (χ0n) is 13.9. The van der Waals surface area contributed by atoms with Crippen molar-refractivity contribution in [3.63, 3.8) is 0 Å². The number of carbonyl (C=O) groups is 2. The lowest BCUT2D eigenvalue weighted by molar-refractivity contribution is -0.139. The Morgan fingerprint density at radius 2 is 1.54 bits per heavy atom. The van der Waals surface area contributed by atoms with Crippen LogP contribution in [0, 0.1) is 0 Å². The number of hydrogen-bond donors (Lipinski definition) is 0. The molecule has 0 aromatic carbocycles. The molecule has 130 valence electrons. The minimum absolute atomic E-state index is 0.0544. The van der Waals surface area contributed by atoms with E-state index in [0.717, 1.165) is 18.9 Å². The average molecular weight is 332 g/mol. The van der Waals surface area contributed by atoms with Gasteiger partial charge < -0.3 is 19.4 Å². The van der Waals surface area contributed by atoms with Crippen LogP contribution in [0.15, 0.2) is 24.4 Å². The second-order valence-corrected chi connectivity index (χ2v) is 6.05. The molecule has 3 rings (SSSR count). The van der Waals surface area contributed by atoms with Gasteiger partial charge in [0.05, 0.1) is 13.2 Å². The van der Waals surface area contributed by atoms with Gasteiger partial charge in [-0.1, -0.05) is 6.07 Å². The van der Waals surface area contributed by atoms with E-state index in [2.05, 4.69) is 9.88 Å². The number of piperazine rings is 1. The third kappa shape index (κ3) is 4.23. The van der Waals surface area contributed by atoms with Crippen LogP contribution >= 0.6 is 0 Å². The number of ether oxygens (including phenoxy) is 1. The largest absolute Gasteiger partial charge is 0.378 e. The van der Waals surface area contributed by atoms with E-state index in [4.69, 9.17) is 4.74 Å². The fraction of sp³-hybridized carbons (Fsp3) is 0.588. The van der Waals surface area contributed by atoms with E-state index in [1.165, 1.54) is 0 Å². The lowest BCUT2D eigenvalue weighted by atomic mass is 10.2. The summed E-state index contributed by atoms with van der Waals surface area (Å²) < 4.78 is 5.24. The van der Waals surface area contributed by atoms with Crippen molar-refractivity contribution in [3.8, 4) is 0 Å². The number of amides is 2. The van der Waals surface area contributed by atoms with Crippen molar-refractivity contribution in [3.05, 3.63) is 24.4 Å². The molecule has 1 aromatic rings. The fourth-order valence-electron chi connectivity index (χ4n) is 3.07. The molecule has 7 heteroatoms. The Labute approximate surface area is 142 Å². The van der Waals surface area contributed by atoms with Crippen LogP contribution in [0.3, 0.4) is 0 Å². The maximum absolute atomic E-state index is 12.3. The van der Waals surface area contributed by atoms with Crippen LogP contribution in [-0.2, 0) is 14.3 Å². The number of rotatable bonds is 4. The molecule has 2 amide bonds. The van der Waals surface area contributed by atoms with Gasteiger partial charge in [-0.25, -0.2) is 4.98 Å². The van der Waals surface area contributed by atoms with Crippen molar-refractivity contribution < 1.29 is 14.3 Å². The Balaban J connectivity index is 1.41. The highest BCUT2D eigenvalue weighted by molar-refractivity contribution is 5.84. The molecule has 0 radical (unpaired) electrons. The molecule has 0 bridgehead atoms. The van der Waals surface area contributed by atoms with Gasteiger partial charge in [0.1, 0.15) is 5.82 Å². The molecular weight excluding hydrogens is 308 g/mol. The molecule has 2 saturated heterocycles. The Hall–Kier alpha value is -2.15. The quantitative estimate of drug-likeness (QED) is 0.797. The van der Waals surface area contributed by atoms with Crippen LogP contribution in [0.5, 0.6) is 0 Å². The van der Waals surface area contributed by atoms with E-state index >= 15 is 0 Å². The molecule has 0 saturated carbocycles. The van der Waals surface area contributed by atoms with E-state index < -0.39 is 0 Å². The van der Waals surface area contributed by atoms with Crippen LogP contribution in [0.4, 0.5) is 5.82 Å². The molecular formula is C17H24N4O3. The highest BCUT2D eigenvalue weighted by Crippen LogP contribution is 2.13. The number of carbonyl (C=O) groups excluding carboxylic acids is 2. The van der Waals surface area contributed by atoms with Gasteiger partial charge in [-0.3, -0.25) is 9.59 Å². The molecule has 2 fully saturated rings. The number of pyridine rings is 1. The first-order chi connectivity index (χ1) is 11.7. The van der Waals surface area contributed by atoms with Crippen LogP contribution in [-0.4, -0.2) is 79.1 Å². The molecule has 0 spiro atoms. The maximum Gasteiger partial charge on any atom is 0.223 e. The van der Waals surface area contributed by atoms with Crippen molar-refractivity contribution >= 4 is 17.6 Å². The van der Waals surface area contributed by atoms with E-state index in [0.29, 0.717) is 52.2 Å². The molecule has 0 unspecified atom stereocenters. The molecule has 7 nitrogen and oxygen atoms in total. The zero-order valence-corrected chi connectivity index (χ0v) is 13.9. The summed E-state index contributed by atoms with van der Waals surface area (Å²) in [5.74, 6) is 1.07. The van der Waals surface area contributed by atoms with Gasteiger partial charge in [0, 0.05) is 58.3 Å². The average Bonchev–Trinajstić information content (AvgIpc) is 2.67. The van der Waals surface area contributed by atoms with Crippen molar-refractivity contribution in [1.82, 2.24) is 14.8 Å². The first-order valence-electron chi connectivity index (χ1n) is 8.53. The third-order valence-electron chi connectivity index (χ3n) is 4.52. The maximum atomic E-state index is 12.3. The molecule has 0 atom stereocenters. The summed E-state index contributed by atoms with van der Waals surface area (Å²) in [5.41, 5.74) is 0. The van der Waals surface area contributed by atoms with Crippen molar-refractivity contribution in [2.75, 3.05) is 57.4 Å². The zero-order chi connectivity index (χ0) is 16.8. The van der Waals surface area contributed by atoms with Gasteiger partial charge in [-0.05, 0) is 12.1 Å². The summed E-state index contributed by atoms with van der Waals surface area (Å²) in [6, 6.07) is 5.85. The second kappa shape index (κ2) is 8.10. The van der Waals surface area contributed by atoms with Crippen LogP contribution in [0.1, 0.15) is 12.8 Å². The monoisotopic (exact) mass is 332 g/mol. The standard InChI is InChI=1S/C17H24N4O3/c22-16(4-5-17(23)21-11-13-24-14-12-21)20-9-7-19(8-10-20)15-3-1-2-6-18-15/h1-3,6H,4-5,7-14H2. The van der Waals surface area contributed by atoms with E-state index in [-0.39, 0.29) is 11.8 Å². The SMILES string of the molecule is O=C(CCC(=O)N1CCN(c2ccccn2)CC1)N1CCOCC1. The van der Waals surface area contributed by atoms with Crippen molar-refractivity contribution in [1.29, 1.82) is 0 Å². The second-order valence-electron chi connectivity index (χ2n) is 6.05. The topological polar surface area (TPSA) is 66.0 Å². The summed E-state index contributed by atoms with van der Waals surface area (Å²) in [4.78, 5) is 34.6. The molecule has 1 aromatic heterocycles. The van der Waals surface area contributed by atoms with E-state index in [1.54, 1.807) is 11.1 Å². The third-order valence-corrected chi connectivity index (χ3v) is 4.52. The van der Waals surface area contributed by atoms with Crippen LogP contribution in [0.25, 0.3) is 0 Å². The smallest absolute Gasteiger partial charge is 0.223 e. The van der Waals surface area contributed by atoms with E-state index in [1.807, 2.05) is 23.1 Å². The van der Waals surface area contributed by atoms with Crippen LogP contribution in [0.2, 0.25) is 0 Å². The van der Waals surface area contributed by atoms with Gasteiger partial charge in [-0.2, -0.15) is 0 Å². The highest BCUT2D eigenvalue weighted by Gasteiger charge is 2.23. The number of morpholine rings is 1. The predicted octanol–water partition coefficient (Wildman–Crippen LogP) is 0.369. The predicted molar refractivity (Wildman–Crippen MR) is 89.7 cm³/mol. The Morgan fingerprint density at radius 3 is 2.12 bits per heavy atom. The number of hydrogen-bond acceptors (Lipinski definition) is 5. The fourth-order valence-corrected chi connectivity index (χ4v) is 3.07. The van der Waals surface area contributed by atoms with Gasteiger partial charge >= 0.3 is 0 Å². The van der Waals surface area contributed by atoms with E-state index in [9.17, 15) is 9.59 Å². The molecule has 24 heavy (non-hydrogen) atoms. The van der Waals surface area contributed by atoms with Gasteiger partial charge in [0.2, 0.25) is 11.8 Å². The minimum atomic E-state index is 0.0544. The van der Waals surface area contributed by atoms with Crippen LogP contribution < -0.4 is 4.90 Å². The van der Waals surface area contributed by atoms with Crippen molar-refractivity contribution in [2.24, 2.45) is 0 Å². The number of aromatic nitrogens is 1. The normalized spacial score (nSPS) is 18.6. The number of nitrogens with zero attached hydrogens (tertiary/aromatic N) is 4. The summed E-state index contributed by atoms with van der Waals surface area (Å²) in [6.45, 7) is 5.37. The molecule has 3 heterocycles. The van der Waals surface area contributed by atoms with Gasteiger partial charge in [0.15, 0.2) is 0 Å². The highest BCUT2D eigenvalue weighted by atomic mass is 16.5. The molecule has 0 N–H and O–H groups in total. The summed E-state index contributed by atoms with van der Waals surface area (Å²) >= 11 is 0. The molecule has 2 aliphatic rings. The van der Waals surface area contributed by atoms with Gasteiger partial charge in [-0.15, -0.1) is 0 Å². The Kier molecular flexibility index (Phi) is 5.63. The lowest BCUT2D eigenvalue weighted by Gasteiger charge is -2.35. The Morgan fingerprint density at radius 1 is 0.917 bits per heavy atom. The first kappa shape index (κ1) is 16.7. The summed E-state index contributed by atoms with van der Waals surface area (Å²) in [5, 5.41) is 0. The van der Waals surface area contributed by atoms with Crippen molar-refractivity contribution in [2.45, 2.75) is 12.8 Å². The first-order valence-corrected chi connectivity index (χ1v) is 8.53. The number of anilines is 1. The minimum Gasteiger partial charge on any atom is -0.378 e. The van der Waals surface area contributed by atoms with Gasteiger partial charge in [0.25, 0.3) is 0 Å². The Bertz CT molecular complexity index is 552. The summed E-state index contributed by atoms with van der Waals surface area (Å²) in [6.07, 6.45) is 2.36.